The summed E-state index contributed by atoms with van der Waals surface area (Å²) in [6.07, 6.45) is 0. The average molecular weight is 1290 g/mol. The monoisotopic (exact) mass is 1290 g/mol. The zero-order valence-electron chi connectivity index (χ0n) is 51.1. The molecular formula is C87H59N4O2PS2. The van der Waals surface area contributed by atoms with Gasteiger partial charge in [0.2, 0.25) is 0 Å². The third-order valence-electron chi connectivity index (χ3n) is 18.6. The smallest absolute Gasteiger partial charge is 0.277 e. The molecule has 0 aliphatic carbocycles. The first-order valence-electron chi connectivity index (χ1n) is 31.8. The topological polar surface area (TPSA) is 68.8 Å². The number of benzene rings is 15. The number of nitro benzene ring substituents is 1. The highest BCUT2D eigenvalue weighted by Crippen LogP contribution is 2.47. The lowest BCUT2D eigenvalue weighted by Crippen LogP contribution is -2.20. The Hall–Kier alpha value is -11.5. The number of H-pyrrole nitrogens is 1. The van der Waals surface area contributed by atoms with Crippen LogP contribution in [0, 0.1) is 10.1 Å². The number of aromatic amines is 1. The van der Waals surface area contributed by atoms with E-state index in [-0.39, 0.29) is 18.0 Å². The Morgan fingerprint density at radius 1 is 0.323 bits per heavy atom. The van der Waals surface area contributed by atoms with Crippen LogP contribution in [0.15, 0.2) is 328 Å². The quantitative estimate of drug-likeness (QED) is 0.0981. The van der Waals surface area contributed by atoms with Gasteiger partial charge in [-0.25, -0.2) is 0 Å². The van der Waals surface area contributed by atoms with Crippen LogP contribution >= 0.6 is 30.6 Å². The van der Waals surface area contributed by atoms with Gasteiger partial charge in [0.15, 0.2) is 0 Å². The summed E-state index contributed by atoms with van der Waals surface area (Å²) in [4.78, 5) is 15.1. The van der Waals surface area contributed by atoms with E-state index >= 15 is 0 Å². The Labute approximate surface area is 562 Å². The fourth-order valence-electron chi connectivity index (χ4n) is 14.3. The van der Waals surface area contributed by atoms with Gasteiger partial charge in [-0.15, -0.1) is 22.7 Å². The van der Waals surface area contributed by atoms with Crippen molar-refractivity contribution in [3.8, 4) is 22.5 Å². The maximum atomic E-state index is 11.8. The molecule has 20 rings (SSSR count). The van der Waals surface area contributed by atoms with Crippen LogP contribution in [-0.4, -0.2) is 19.0 Å². The second-order valence-electron chi connectivity index (χ2n) is 24.0. The Balaban J connectivity index is 0.000000115. The lowest BCUT2D eigenvalue weighted by atomic mass is 10.0. The fourth-order valence-corrected chi connectivity index (χ4v) is 19.2. The molecule has 5 heterocycles. The maximum Gasteiger partial charge on any atom is 0.277 e. The molecule has 15 aromatic carbocycles. The van der Waals surface area contributed by atoms with Crippen molar-refractivity contribution in [2.75, 3.05) is 0 Å². The van der Waals surface area contributed by atoms with Gasteiger partial charge >= 0.3 is 0 Å². The summed E-state index contributed by atoms with van der Waals surface area (Å²) in [7, 11) is -0.446. The molecule has 0 fully saturated rings. The molecule has 456 valence electrons. The largest absolute Gasteiger partial charge is 0.354 e. The highest BCUT2D eigenvalue weighted by molar-refractivity contribution is 7.79. The second-order valence-corrected chi connectivity index (χ2v) is 28.4. The van der Waals surface area contributed by atoms with Crippen LogP contribution in [0.1, 0.15) is 7.43 Å². The SMILES string of the molecule is C.O=[N+]([O-])c1ccccc1-c1cccc2c1sc1cc3c(cc12)c1ccccc1n3-c1ccc2ccccc2c1.c1ccc(P(c2ccccc2)c2ccccc2)cc1.c1ccc2cc(-n3c4ccccc4c4cc5c(cc43)sc3c5ccc4[nH]c5ccccc5c43)ccc2c1. The standard InChI is InChI=1S/C34H20N2O2S.C34H20N2S.C18H15P.CH4/c37-36(38)31-15-6-4-10-24(31)26-12-7-13-27-29-19-28-25-11-3-5-14-30(25)35(32(28)20-33(29)39-34(26)27)23-17-16-21-8-1-2-9-22(21)18-23;1-2-8-21-17-22(14-13-20(21)7-1)36-30-12-6-4-9-23(30)26-18-27-24-15-16-29-33(25-10-3-5-11-28(25)35-29)34(24)37-32(27)19-31(26)36;1-4-10-16(11-5-1)19(17-12-6-2-7-13-17)18-14-8-3-9-15-18;/h1-20H;1-19,35H;1-15H;1H4. The number of nitrogens with zero attached hydrogens (tertiary/aromatic N) is 3. The molecule has 1 N–H and O–H groups in total. The molecule has 0 saturated heterocycles. The number of rotatable bonds is 7. The molecule has 96 heavy (non-hydrogen) atoms. The third-order valence-corrected chi connectivity index (χ3v) is 23.4. The van der Waals surface area contributed by atoms with Crippen molar-refractivity contribution in [1.82, 2.24) is 14.1 Å². The number of fused-ring (bicyclic) bond motifs is 18. The Kier molecular flexibility index (Phi) is 14.6. The van der Waals surface area contributed by atoms with E-state index in [1.165, 1.54) is 129 Å². The first-order valence-corrected chi connectivity index (χ1v) is 34.8. The molecule has 5 aromatic heterocycles. The molecule has 0 spiro atoms. The van der Waals surface area contributed by atoms with Crippen LogP contribution < -0.4 is 15.9 Å². The Morgan fingerprint density at radius 3 is 1.31 bits per heavy atom. The number of nitrogens with one attached hydrogen (secondary N) is 1. The number of para-hydroxylation sites is 4. The van der Waals surface area contributed by atoms with Crippen molar-refractivity contribution in [1.29, 1.82) is 0 Å². The van der Waals surface area contributed by atoms with E-state index in [4.69, 9.17) is 0 Å². The first-order chi connectivity index (χ1) is 47.0. The van der Waals surface area contributed by atoms with Gasteiger partial charge in [-0.05, 0) is 124 Å². The van der Waals surface area contributed by atoms with Crippen molar-refractivity contribution in [3.05, 3.63) is 338 Å². The summed E-state index contributed by atoms with van der Waals surface area (Å²) in [6, 6.07) is 116. The summed E-state index contributed by atoms with van der Waals surface area (Å²) in [5.74, 6) is 0. The highest BCUT2D eigenvalue weighted by Gasteiger charge is 2.23. The van der Waals surface area contributed by atoms with Crippen LogP contribution in [0.4, 0.5) is 5.69 Å². The molecule has 0 atom stereocenters. The molecule has 0 amide bonds. The molecule has 0 aliphatic heterocycles. The zero-order chi connectivity index (χ0) is 63.1. The molecule has 20 aromatic rings. The van der Waals surface area contributed by atoms with Gasteiger partial charge in [-0.1, -0.05) is 250 Å². The molecule has 0 aliphatic rings. The van der Waals surface area contributed by atoms with Crippen molar-refractivity contribution >= 4 is 180 Å². The predicted molar refractivity (Wildman–Crippen MR) is 416 cm³/mol. The summed E-state index contributed by atoms with van der Waals surface area (Å²) in [5.41, 5.74) is 11.2. The van der Waals surface area contributed by atoms with Crippen molar-refractivity contribution in [3.63, 3.8) is 0 Å². The average Bonchev–Trinajstić information content (AvgIpc) is 1.57. The summed E-state index contributed by atoms with van der Waals surface area (Å²) < 4.78 is 9.69. The van der Waals surface area contributed by atoms with Gasteiger partial charge in [0.25, 0.3) is 5.69 Å². The third kappa shape index (κ3) is 9.88. The molecule has 9 heteroatoms. The van der Waals surface area contributed by atoms with Crippen molar-refractivity contribution in [2.45, 2.75) is 7.43 Å². The number of nitro groups is 1. The van der Waals surface area contributed by atoms with Crippen LogP contribution in [0.5, 0.6) is 0 Å². The van der Waals surface area contributed by atoms with Gasteiger partial charge in [0.05, 0.1) is 32.6 Å². The number of thiophene rings is 2. The Bertz CT molecular complexity index is 6310. The van der Waals surface area contributed by atoms with Crippen LogP contribution in [0.3, 0.4) is 0 Å². The second kappa shape index (κ2) is 24.1. The normalized spacial score (nSPS) is 11.6. The van der Waals surface area contributed by atoms with Crippen molar-refractivity contribution in [2.24, 2.45) is 0 Å². The molecule has 0 saturated carbocycles. The molecular weight excluding hydrogens is 1230 g/mol. The zero-order valence-corrected chi connectivity index (χ0v) is 53.6. The van der Waals surface area contributed by atoms with E-state index in [0.717, 1.165) is 31.6 Å². The van der Waals surface area contributed by atoms with Crippen LogP contribution in [0.2, 0.25) is 0 Å². The lowest BCUT2D eigenvalue weighted by Gasteiger charge is -2.18. The lowest BCUT2D eigenvalue weighted by molar-refractivity contribution is -0.384. The number of hydrogen-bond donors (Lipinski definition) is 1. The minimum atomic E-state index is -0.446. The van der Waals surface area contributed by atoms with E-state index in [2.05, 4.69) is 305 Å². The number of hydrogen-bond acceptors (Lipinski definition) is 4. The van der Waals surface area contributed by atoms with E-state index in [1.807, 2.05) is 35.6 Å². The minimum absolute atomic E-state index is 0. The van der Waals surface area contributed by atoms with Gasteiger partial charge < -0.3 is 14.1 Å². The number of aromatic nitrogens is 3. The van der Waals surface area contributed by atoms with Gasteiger partial charge in [-0.2, -0.15) is 0 Å². The predicted octanol–water partition coefficient (Wildman–Crippen LogP) is 23.9. The minimum Gasteiger partial charge on any atom is -0.354 e. The van der Waals surface area contributed by atoms with E-state index < -0.39 is 7.92 Å². The van der Waals surface area contributed by atoms with E-state index in [1.54, 1.807) is 23.5 Å². The van der Waals surface area contributed by atoms with Crippen molar-refractivity contribution < 1.29 is 4.92 Å². The maximum absolute atomic E-state index is 11.8. The first kappa shape index (κ1) is 58.3. The fraction of sp³-hybridized carbons (Fsp3) is 0.0115. The van der Waals surface area contributed by atoms with Gasteiger partial charge in [0, 0.05) is 107 Å². The van der Waals surface area contributed by atoms with Gasteiger partial charge in [-0.3, -0.25) is 10.1 Å². The van der Waals surface area contributed by atoms with E-state index in [9.17, 15) is 10.1 Å². The molecule has 0 bridgehead atoms. The van der Waals surface area contributed by atoms with E-state index in [0.29, 0.717) is 5.56 Å². The summed E-state index contributed by atoms with van der Waals surface area (Å²) in [5, 5.41) is 33.5. The van der Waals surface area contributed by atoms with Crippen LogP contribution in [-0.2, 0) is 0 Å². The summed E-state index contributed by atoms with van der Waals surface area (Å²) in [6.45, 7) is 0. The molecule has 6 nitrogen and oxygen atoms in total. The Morgan fingerprint density at radius 2 is 0.760 bits per heavy atom. The van der Waals surface area contributed by atoms with Crippen LogP contribution in [0.25, 0.3) is 150 Å². The molecule has 0 unspecified atom stereocenters. The summed E-state index contributed by atoms with van der Waals surface area (Å²) >= 11 is 3.61. The highest BCUT2D eigenvalue weighted by atomic mass is 32.1. The van der Waals surface area contributed by atoms with Gasteiger partial charge in [0.1, 0.15) is 0 Å². The molecule has 0 radical (unpaired) electrons.